The molecule has 0 atom stereocenters. The van der Waals surface area contributed by atoms with Gasteiger partial charge in [0.2, 0.25) is 0 Å². The molecule has 3 aromatic rings. The van der Waals surface area contributed by atoms with Crippen LogP contribution < -0.4 is 10.2 Å². The Labute approximate surface area is 183 Å². The normalized spacial score (nSPS) is 13.9. The van der Waals surface area contributed by atoms with Crippen LogP contribution in [0.15, 0.2) is 84.9 Å². The number of amides is 3. The maximum absolute atomic E-state index is 13.0. The number of carbonyl (C=O) groups excluding carboxylic acids is 2. The summed E-state index contributed by atoms with van der Waals surface area (Å²) in [6.07, 6.45) is 1.71. The minimum Gasteiger partial charge on any atom is -0.352 e. The lowest BCUT2D eigenvalue weighted by Gasteiger charge is -2.35. The van der Waals surface area contributed by atoms with Gasteiger partial charge in [0.15, 0.2) is 0 Å². The SMILES string of the molecule is O=C(NCCc1ccccc1)c1ccc(N2CCCN(Cc3ccccc3)C2=O)cc1. The zero-order chi connectivity index (χ0) is 21.5. The molecule has 5 heteroatoms. The van der Waals surface area contributed by atoms with E-state index >= 15 is 0 Å². The number of hydrogen-bond acceptors (Lipinski definition) is 2. The summed E-state index contributed by atoms with van der Waals surface area (Å²) in [6, 6.07) is 27.4. The quantitative estimate of drug-likeness (QED) is 0.620. The Morgan fingerprint density at radius 2 is 1.45 bits per heavy atom. The zero-order valence-corrected chi connectivity index (χ0v) is 17.5. The summed E-state index contributed by atoms with van der Waals surface area (Å²) in [7, 11) is 0. The number of benzene rings is 3. The van der Waals surface area contributed by atoms with Crippen molar-refractivity contribution in [1.29, 1.82) is 0 Å². The average Bonchev–Trinajstić information content (AvgIpc) is 2.82. The second-order valence-electron chi connectivity index (χ2n) is 7.73. The van der Waals surface area contributed by atoms with Crippen LogP contribution in [-0.4, -0.2) is 36.5 Å². The van der Waals surface area contributed by atoms with E-state index in [2.05, 4.69) is 17.4 Å². The van der Waals surface area contributed by atoms with Crippen molar-refractivity contribution in [3.63, 3.8) is 0 Å². The molecule has 3 amide bonds. The van der Waals surface area contributed by atoms with Crippen LogP contribution in [0.4, 0.5) is 10.5 Å². The van der Waals surface area contributed by atoms with Crippen molar-refractivity contribution in [2.24, 2.45) is 0 Å². The fraction of sp³-hybridized carbons (Fsp3) is 0.231. The van der Waals surface area contributed by atoms with Gasteiger partial charge in [0.1, 0.15) is 0 Å². The largest absolute Gasteiger partial charge is 0.352 e. The fourth-order valence-electron chi connectivity index (χ4n) is 3.83. The summed E-state index contributed by atoms with van der Waals surface area (Å²) in [4.78, 5) is 29.1. The van der Waals surface area contributed by atoms with Crippen LogP contribution in [-0.2, 0) is 13.0 Å². The number of anilines is 1. The Morgan fingerprint density at radius 3 is 2.13 bits per heavy atom. The Kier molecular flexibility index (Phi) is 6.62. The van der Waals surface area contributed by atoms with Gasteiger partial charge in [-0.1, -0.05) is 60.7 Å². The summed E-state index contributed by atoms with van der Waals surface area (Å²) in [5, 5.41) is 2.96. The molecule has 1 fully saturated rings. The number of urea groups is 1. The third-order valence-corrected chi connectivity index (χ3v) is 5.51. The Morgan fingerprint density at radius 1 is 0.806 bits per heavy atom. The second kappa shape index (κ2) is 9.94. The summed E-state index contributed by atoms with van der Waals surface area (Å²) < 4.78 is 0. The maximum atomic E-state index is 13.0. The maximum Gasteiger partial charge on any atom is 0.324 e. The first-order chi connectivity index (χ1) is 15.2. The van der Waals surface area contributed by atoms with Crippen molar-refractivity contribution in [1.82, 2.24) is 10.2 Å². The molecule has 5 nitrogen and oxygen atoms in total. The van der Waals surface area contributed by atoms with Crippen molar-refractivity contribution in [2.45, 2.75) is 19.4 Å². The molecule has 31 heavy (non-hydrogen) atoms. The highest BCUT2D eigenvalue weighted by Gasteiger charge is 2.26. The van der Waals surface area contributed by atoms with Crippen LogP contribution in [0.5, 0.6) is 0 Å². The van der Waals surface area contributed by atoms with E-state index in [9.17, 15) is 9.59 Å². The summed E-state index contributed by atoms with van der Waals surface area (Å²) in [5.41, 5.74) is 3.74. The van der Waals surface area contributed by atoms with Crippen LogP contribution >= 0.6 is 0 Å². The predicted molar refractivity (Wildman–Crippen MR) is 123 cm³/mol. The van der Waals surface area contributed by atoms with E-state index in [0.29, 0.717) is 25.2 Å². The van der Waals surface area contributed by atoms with E-state index < -0.39 is 0 Å². The number of nitrogens with zero attached hydrogens (tertiary/aromatic N) is 2. The second-order valence-corrected chi connectivity index (χ2v) is 7.73. The summed E-state index contributed by atoms with van der Waals surface area (Å²) in [5.74, 6) is -0.0989. The standard InChI is InChI=1S/C26H27N3O2/c30-25(27-17-16-21-8-3-1-4-9-21)23-12-14-24(15-13-23)29-19-7-18-28(26(29)31)20-22-10-5-2-6-11-22/h1-6,8-15H,7,16-20H2,(H,27,30). The molecular weight excluding hydrogens is 386 g/mol. The molecule has 0 bridgehead atoms. The Hall–Kier alpha value is -3.60. The molecule has 0 aliphatic carbocycles. The molecule has 3 aromatic carbocycles. The number of nitrogens with one attached hydrogen (secondary N) is 1. The predicted octanol–water partition coefficient (Wildman–Crippen LogP) is 4.49. The summed E-state index contributed by atoms with van der Waals surface area (Å²) >= 11 is 0. The smallest absolute Gasteiger partial charge is 0.324 e. The van der Waals surface area contributed by atoms with Gasteiger partial charge in [-0.3, -0.25) is 9.69 Å². The van der Waals surface area contributed by atoms with E-state index in [4.69, 9.17) is 0 Å². The first kappa shape index (κ1) is 20.7. The first-order valence-electron chi connectivity index (χ1n) is 10.7. The van der Waals surface area contributed by atoms with Gasteiger partial charge in [-0.05, 0) is 48.2 Å². The third-order valence-electron chi connectivity index (χ3n) is 5.51. The minimum absolute atomic E-state index is 0.00941. The van der Waals surface area contributed by atoms with Crippen LogP contribution in [0, 0.1) is 0 Å². The average molecular weight is 414 g/mol. The molecule has 0 radical (unpaired) electrons. The molecule has 1 saturated heterocycles. The molecule has 4 rings (SSSR count). The zero-order valence-electron chi connectivity index (χ0n) is 17.5. The van der Waals surface area contributed by atoms with Crippen molar-refractivity contribution in [3.8, 4) is 0 Å². The van der Waals surface area contributed by atoms with Crippen LogP contribution in [0.3, 0.4) is 0 Å². The van der Waals surface area contributed by atoms with Gasteiger partial charge < -0.3 is 10.2 Å². The van der Waals surface area contributed by atoms with Crippen LogP contribution in [0.25, 0.3) is 0 Å². The highest BCUT2D eigenvalue weighted by molar-refractivity contribution is 5.96. The first-order valence-corrected chi connectivity index (χ1v) is 10.7. The van der Waals surface area contributed by atoms with Gasteiger partial charge in [0, 0.05) is 37.4 Å². The van der Waals surface area contributed by atoms with Crippen molar-refractivity contribution >= 4 is 17.6 Å². The number of hydrogen-bond donors (Lipinski definition) is 1. The molecule has 1 aliphatic rings. The van der Waals surface area contributed by atoms with E-state index in [1.54, 1.807) is 17.0 Å². The van der Waals surface area contributed by atoms with E-state index in [0.717, 1.165) is 30.6 Å². The molecule has 0 unspecified atom stereocenters. The van der Waals surface area contributed by atoms with Gasteiger partial charge in [-0.25, -0.2) is 4.79 Å². The van der Waals surface area contributed by atoms with Crippen molar-refractivity contribution < 1.29 is 9.59 Å². The van der Waals surface area contributed by atoms with E-state index in [1.165, 1.54) is 5.56 Å². The molecule has 1 N–H and O–H groups in total. The molecule has 0 saturated carbocycles. The van der Waals surface area contributed by atoms with Gasteiger partial charge >= 0.3 is 6.03 Å². The lowest BCUT2D eigenvalue weighted by atomic mass is 10.1. The molecule has 1 aliphatic heterocycles. The molecule has 0 spiro atoms. The lowest BCUT2D eigenvalue weighted by Crippen LogP contribution is -2.49. The van der Waals surface area contributed by atoms with Crippen molar-refractivity contribution in [3.05, 3.63) is 102 Å². The van der Waals surface area contributed by atoms with Crippen molar-refractivity contribution in [2.75, 3.05) is 24.5 Å². The van der Waals surface area contributed by atoms with E-state index in [1.807, 2.05) is 65.6 Å². The highest BCUT2D eigenvalue weighted by Crippen LogP contribution is 2.22. The van der Waals surface area contributed by atoms with Gasteiger partial charge in [0.25, 0.3) is 5.91 Å². The van der Waals surface area contributed by atoms with Crippen LogP contribution in [0.1, 0.15) is 27.9 Å². The minimum atomic E-state index is -0.0989. The molecule has 0 aromatic heterocycles. The van der Waals surface area contributed by atoms with Gasteiger partial charge in [-0.2, -0.15) is 0 Å². The topological polar surface area (TPSA) is 52.7 Å². The lowest BCUT2D eigenvalue weighted by molar-refractivity contribution is 0.0954. The highest BCUT2D eigenvalue weighted by atomic mass is 16.2. The molecule has 1 heterocycles. The molecule has 158 valence electrons. The summed E-state index contributed by atoms with van der Waals surface area (Å²) in [6.45, 7) is 2.64. The third kappa shape index (κ3) is 5.31. The van der Waals surface area contributed by atoms with E-state index in [-0.39, 0.29) is 11.9 Å². The Balaban J connectivity index is 1.34. The van der Waals surface area contributed by atoms with Gasteiger partial charge in [0.05, 0.1) is 0 Å². The number of rotatable bonds is 7. The fourth-order valence-corrected chi connectivity index (χ4v) is 3.83. The van der Waals surface area contributed by atoms with Gasteiger partial charge in [-0.15, -0.1) is 0 Å². The monoisotopic (exact) mass is 413 g/mol. The molecular formula is C26H27N3O2. The number of carbonyl (C=O) groups is 2. The Bertz CT molecular complexity index is 1000. The van der Waals surface area contributed by atoms with Crippen LogP contribution in [0.2, 0.25) is 0 Å².